The average Bonchev–Trinajstić information content (AvgIpc) is 3.29. The van der Waals surface area contributed by atoms with Crippen LogP contribution in [0.3, 0.4) is 0 Å². The molecule has 1 saturated carbocycles. The lowest BCUT2D eigenvalue weighted by molar-refractivity contribution is -0.124. The number of aryl methyl sites for hydroxylation is 1. The van der Waals surface area contributed by atoms with Crippen molar-refractivity contribution >= 4 is 28.1 Å². The molecule has 4 aromatic rings. The number of fused-ring (bicyclic) bond motifs is 2. The average molecular weight is 411 g/mol. The smallest absolute Gasteiger partial charge is 0.249 e. The van der Waals surface area contributed by atoms with E-state index in [2.05, 4.69) is 16.3 Å². The van der Waals surface area contributed by atoms with Crippen molar-refractivity contribution in [3.8, 4) is 17.3 Å². The Morgan fingerprint density at radius 3 is 2.84 bits per heavy atom. The van der Waals surface area contributed by atoms with Crippen molar-refractivity contribution in [3.63, 3.8) is 0 Å². The molecule has 1 aliphatic carbocycles. The van der Waals surface area contributed by atoms with Crippen molar-refractivity contribution in [2.45, 2.75) is 19.8 Å². The fourth-order valence-electron chi connectivity index (χ4n) is 5.16. The van der Waals surface area contributed by atoms with Gasteiger partial charge in [-0.15, -0.1) is 0 Å². The first kappa shape index (κ1) is 18.1. The minimum atomic E-state index is -0.948. The summed E-state index contributed by atoms with van der Waals surface area (Å²) in [5.74, 6) is 0.532. The van der Waals surface area contributed by atoms with Crippen LogP contribution in [0.1, 0.15) is 19.8 Å². The number of rotatable bonds is 3. The summed E-state index contributed by atoms with van der Waals surface area (Å²) in [6.45, 7) is 2.49. The maximum Gasteiger partial charge on any atom is 0.249 e. The number of nitriles is 1. The fourth-order valence-corrected chi connectivity index (χ4v) is 5.16. The topological polar surface area (TPSA) is 92.1 Å². The number of benzene rings is 1. The number of amides is 1. The Bertz CT molecular complexity index is 1410. The van der Waals surface area contributed by atoms with E-state index in [1.165, 1.54) is 0 Å². The van der Waals surface area contributed by atoms with Crippen LogP contribution in [-0.2, 0) is 11.8 Å². The third-order valence-electron chi connectivity index (χ3n) is 6.90. The number of nitrogens with zero attached hydrogens (tertiary/aromatic N) is 7. The van der Waals surface area contributed by atoms with Crippen molar-refractivity contribution in [1.82, 2.24) is 24.4 Å². The second-order valence-electron chi connectivity index (χ2n) is 8.69. The minimum absolute atomic E-state index is 0.0496. The maximum absolute atomic E-state index is 13.6. The molecule has 154 valence electrons. The first-order valence-electron chi connectivity index (χ1n) is 10.5. The molecular weight excluding hydrogens is 390 g/mol. The van der Waals surface area contributed by atoms with E-state index in [4.69, 9.17) is 4.98 Å². The van der Waals surface area contributed by atoms with Crippen LogP contribution in [0.15, 0.2) is 42.9 Å². The zero-order valence-corrected chi connectivity index (χ0v) is 17.4. The molecule has 2 fully saturated rings. The highest BCUT2D eigenvalue weighted by Gasteiger charge is 2.61. The minimum Gasteiger partial charge on any atom is -0.293 e. The lowest BCUT2D eigenvalue weighted by Gasteiger charge is -2.23. The van der Waals surface area contributed by atoms with Crippen LogP contribution in [-0.4, -0.2) is 36.8 Å². The molecule has 0 unspecified atom stereocenters. The molecule has 0 spiro atoms. The molecule has 1 aliphatic heterocycles. The Balaban J connectivity index is 1.55. The van der Waals surface area contributed by atoms with E-state index in [0.29, 0.717) is 18.1 Å². The van der Waals surface area contributed by atoms with Crippen LogP contribution in [0.2, 0.25) is 0 Å². The van der Waals surface area contributed by atoms with Crippen molar-refractivity contribution in [2.24, 2.45) is 24.3 Å². The van der Waals surface area contributed by atoms with Gasteiger partial charge in [0.2, 0.25) is 5.91 Å². The molecule has 1 amide bonds. The van der Waals surface area contributed by atoms with Crippen LogP contribution in [0.5, 0.6) is 0 Å². The van der Waals surface area contributed by atoms with Gasteiger partial charge in [0, 0.05) is 30.5 Å². The molecular formula is C23H21N7O. The first-order chi connectivity index (χ1) is 15.0. The summed E-state index contributed by atoms with van der Waals surface area (Å²) in [5.41, 5.74) is 2.41. The molecule has 1 saturated heterocycles. The van der Waals surface area contributed by atoms with Gasteiger partial charge in [-0.3, -0.25) is 14.4 Å². The molecule has 2 aliphatic rings. The van der Waals surface area contributed by atoms with E-state index in [1.807, 2.05) is 55.3 Å². The highest BCUT2D eigenvalue weighted by atomic mass is 16.2. The molecule has 1 aromatic carbocycles. The number of para-hydroxylation sites is 1. The van der Waals surface area contributed by atoms with Gasteiger partial charge in [-0.1, -0.05) is 25.1 Å². The SMILES string of the molecule is C[C@@H]1CN(c2nc(-c3cccc4cnn(C)c34)cn3nccc23)C(=O)[C@]1(C#N)C1CC1. The highest BCUT2D eigenvalue weighted by molar-refractivity contribution is 6.04. The normalized spacial score (nSPS) is 23.7. The summed E-state index contributed by atoms with van der Waals surface area (Å²) < 4.78 is 3.59. The predicted molar refractivity (Wildman–Crippen MR) is 115 cm³/mol. The van der Waals surface area contributed by atoms with Crippen LogP contribution >= 0.6 is 0 Å². The predicted octanol–water partition coefficient (Wildman–Crippen LogP) is 3.19. The fraction of sp³-hybridized carbons (Fsp3) is 0.348. The van der Waals surface area contributed by atoms with Gasteiger partial charge in [-0.05, 0) is 24.8 Å². The lowest BCUT2D eigenvalue weighted by Crippen LogP contribution is -2.37. The van der Waals surface area contributed by atoms with Gasteiger partial charge < -0.3 is 0 Å². The molecule has 31 heavy (non-hydrogen) atoms. The summed E-state index contributed by atoms with van der Waals surface area (Å²) in [7, 11) is 1.90. The van der Waals surface area contributed by atoms with Crippen molar-refractivity contribution in [3.05, 3.63) is 42.9 Å². The van der Waals surface area contributed by atoms with Crippen LogP contribution in [0.25, 0.3) is 27.7 Å². The third-order valence-corrected chi connectivity index (χ3v) is 6.90. The summed E-state index contributed by atoms with van der Waals surface area (Å²) >= 11 is 0. The van der Waals surface area contributed by atoms with Crippen LogP contribution in [0.4, 0.5) is 5.82 Å². The molecule has 0 N–H and O–H groups in total. The maximum atomic E-state index is 13.6. The molecule has 3 aromatic heterocycles. The van der Waals surface area contributed by atoms with Gasteiger partial charge in [-0.25, -0.2) is 9.50 Å². The zero-order valence-electron chi connectivity index (χ0n) is 17.4. The molecule has 8 nitrogen and oxygen atoms in total. The Labute approximate surface area is 178 Å². The summed E-state index contributed by atoms with van der Waals surface area (Å²) in [4.78, 5) is 20.3. The second kappa shape index (κ2) is 6.14. The van der Waals surface area contributed by atoms with Crippen molar-refractivity contribution in [1.29, 1.82) is 5.26 Å². The summed E-state index contributed by atoms with van der Waals surface area (Å²) in [5, 5.41) is 19.8. The monoisotopic (exact) mass is 411 g/mol. The molecule has 6 rings (SSSR count). The van der Waals surface area contributed by atoms with Crippen LogP contribution in [0, 0.1) is 28.6 Å². The van der Waals surface area contributed by atoms with Gasteiger partial charge >= 0.3 is 0 Å². The highest BCUT2D eigenvalue weighted by Crippen LogP contribution is 2.54. The Kier molecular flexibility index (Phi) is 3.58. The number of carbonyl (C=O) groups is 1. The molecule has 2 atom stereocenters. The number of hydrogen-bond donors (Lipinski definition) is 0. The van der Waals surface area contributed by atoms with Crippen molar-refractivity contribution in [2.75, 3.05) is 11.4 Å². The van der Waals surface area contributed by atoms with E-state index < -0.39 is 5.41 Å². The van der Waals surface area contributed by atoms with Crippen molar-refractivity contribution < 1.29 is 4.79 Å². The summed E-state index contributed by atoms with van der Waals surface area (Å²) in [6.07, 6.45) is 7.29. The largest absolute Gasteiger partial charge is 0.293 e. The standard InChI is InChI=1S/C23H21N7O/c1-14-11-29(22(31)23(14,13-24)16-6-7-16)21-19-8-9-25-30(19)12-18(27-21)17-5-3-4-15-10-26-28(2)20(15)17/h3-5,8-10,12,14,16H,6-7,11H2,1-2H3/t14-,23+/m1/s1. The quantitative estimate of drug-likeness (QED) is 0.516. The Morgan fingerprint density at radius 2 is 2.06 bits per heavy atom. The number of hydrogen-bond acceptors (Lipinski definition) is 5. The Hall–Kier alpha value is -3.73. The lowest BCUT2D eigenvalue weighted by atomic mass is 9.75. The van der Waals surface area contributed by atoms with E-state index in [1.54, 1.807) is 15.6 Å². The summed E-state index contributed by atoms with van der Waals surface area (Å²) in [6, 6.07) is 10.3. The Morgan fingerprint density at radius 1 is 1.23 bits per heavy atom. The van der Waals surface area contributed by atoms with Gasteiger partial charge in [0.15, 0.2) is 5.82 Å². The van der Waals surface area contributed by atoms with Crippen LogP contribution < -0.4 is 4.90 Å². The third kappa shape index (κ3) is 2.34. The van der Waals surface area contributed by atoms with E-state index in [0.717, 1.165) is 34.8 Å². The van der Waals surface area contributed by atoms with Gasteiger partial charge in [0.25, 0.3) is 0 Å². The molecule has 8 heteroatoms. The molecule has 0 bridgehead atoms. The second-order valence-corrected chi connectivity index (χ2v) is 8.69. The van der Waals surface area contributed by atoms with E-state index >= 15 is 0 Å². The van der Waals surface area contributed by atoms with Gasteiger partial charge in [0.1, 0.15) is 10.9 Å². The zero-order chi connectivity index (χ0) is 21.3. The number of aromatic nitrogens is 5. The van der Waals surface area contributed by atoms with Gasteiger partial charge in [-0.2, -0.15) is 15.5 Å². The first-order valence-corrected chi connectivity index (χ1v) is 10.5. The van der Waals surface area contributed by atoms with E-state index in [9.17, 15) is 10.1 Å². The number of carbonyl (C=O) groups excluding carboxylic acids is 1. The number of anilines is 1. The van der Waals surface area contributed by atoms with Gasteiger partial charge in [0.05, 0.1) is 35.9 Å². The van der Waals surface area contributed by atoms with E-state index in [-0.39, 0.29) is 17.7 Å². The molecule has 4 heterocycles. The molecule has 0 radical (unpaired) electrons.